The Labute approximate surface area is 155 Å². The van der Waals surface area contributed by atoms with Gasteiger partial charge < -0.3 is 15.0 Å². The van der Waals surface area contributed by atoms with Crippen LogP contribution in [0.15, 0.2) is 24.3 Å². The van der Waals surface area contributed by atoms with Crippen molar-refractivity contribution >= 4 is 35.2 Å². The highest BCUT2D eigenvalue weighted by atomic mass is 32.2. The molecule has 2 saturated heterocycles. The fraction of sp³-hybridized carbons (Fsp3) is 0.444. The maximum atomic E-state index is 12.5. The largest absolute Gasteiger partial charge is 0.451 e. The SMILES string of the molecule is C[C@@H](OC(=O)[C@H]1CS[C@@]2(C)CCC(=O)N12)C(=O)Nc1ccc(C#N)cc1. The number of benzene rings is 1. The molecule has 2 amide bonds. The van der Waals surface area contributed by atoms with E-state index in [2.05, 4.69) is 5.32 Å². The minimum atomic E-state index is -0.993. The van der Waals surface area contributed by atoms with Gasteiger partial charge in [-0.1, -0.05) is 0 Å². The predicted octanol–water partition coefficient (Wildman–Crippen LogP) is 1.88. The molecule has 136 valence electrons. The summed E-state index contributed by atoms with van der Waals surface area (Å²) in [6.07, 6.45) is 0.157. The number of carbonyl (C=O) groups excluding carboxylic acids is 3. The molecule has 2 fully saturated rings. The molecule has 2 heterocycles. The Morgan fingerprint density at radius 2 is 2.12 bits per heavy atom. The first kappa shape index (κ1) is 18.3. The van der Waals surface area contributed by atoms with Crippen LogP contribution >= 0.6 is 11.8 Å². The summed E-state index contributed by atoms with van der Waals surface area (Å²) in [5.41, 5.74) is 0.996. The molecule has 8 heteroatoms. The Balaban J connectivity index is 1.59. The number of nitriles is 1. The number of nitrogens with zero attached hydrogens (tertiary/aromatic N) is 2. The number of anilines is 1. The number of rotatable bonds is 4. The van der Waals surface area contributed by atoms with Crippen LogP contribution in [-0.2, 0) is 19.1 Å². The maximum Gasteiger partial charge on any atom is 0.330 e. The van der Waals surface area contributed by atoms with E-state index in [1.54, 1.807) is 40.9 Å². The summed E-state index contributed by atoms with van der Waals surface area (Å²) in [4.78, 5) is 38.1. The smallest absolute Gasteiger partial charge is 0.330 e. The Hall–Kier alpha value is -2.53. The Kier molecular flexibility index (Phi) is 4.92. The van der Waals surface area contributed by atoms with Crippen molar-refractivity contribution in [2.75, 3.05) is 11.1 Å². The average molecular weight is 373 g/mol. The molecule has 3 atom stereocenters. The van der Waals surface area contributed by atoms with Gasteiger partial charge in [0.1, 0.15) is 6.04 Å². The number of hydrogen-bond acceptors (Lipinski definition) is 6. The summed E-state index contributed by atoms with van der Waals surface area (Å²) < 4.78 is 5.30. The van der Waals surface area contributed by atoms with Gasteiger partial charge in [0.05, 0.1) is 16.5 Å². The normalized spacial score (nSPS) is 25.3. The highest BCUT2D eigenvalue weighted by molar-refractivity contribution is 8.01. The second kappa shape index (κ2) is 7.00. The Morgan fingerprint density at radius 1 is 1.42 bits per heavy atom. The van der Waals surface area contributed by atoms with Crippen molar-refractivity contribution in [2.24, 2.45) is 0 Å². The number of thioether (sulfide) groups is 1. The first-order valence-electron chi connectivity index (χ1n) is 8.32. The van der Waals surface area contributed by atoms with E-state index in [0.717, 1.165) is 6.42 Å². The molecule has 0 aromatic heterocycles. The van der Waals surface area contributed by atoms with Gasteiger partial charge in [-0.3, -0.25) is 9.59 Å². The zero-order valence-corrected chi connectivity index (χ0v) is 15.3. The summed E-state index contributed by atoms with van der Waals surface area (Å²) in [6.45, 7) is 3.45. The van der Waals surface area contributed by atoms with Crippen LogP contribution in [0.2, 0.25) is 0 Å². The molecule has 0 saturated carbocycles. The topological polar surface area (TPSA) is 99.5 Å². The number of carbonyl (C=O) groups is 3. The van der Waals surface area contributed by atoms with Gasteiger partial charge >= 0.3 is 5.97 Å². The number of fused-ring (bicyclic) bond motifs is 1. The molecular formula is C18H19N3O4S. The number of esters is 1. The van der Waals surface area contributed by atoms with E-state index in [9.17, 15) is 14.4 Å². The lowest BCUT2D eigenvalue weighted by atomic mass is 10.2. The van der Waals surface area contributed by atoms with E-state index in [4.69, 9.17) is 10.00 Å². The zero-order chi connectivity index (χ0) is 18.9. The second-order valence-corrected chi connectivity index (χ2v) is 8.02. The minimum Gasteiger partial charge on any atom is -0.451 e. The quantitative estimate of drug-likeness (QED) is 0.809. The van der Waals surface area contributed by atoms with Crippen LogP contribution in [0, 0.1) is 11.3 Å². The molecular weight excluding hydrogens is 354 g/mol. The van der Waals surface area contributed by atoms with Gasteiger partial charge in [0.15, 0.2) is 6.10 Å². The van der Waals surface area contributed by atoms with Gasteiger partial charge in [0, 0.05) is 17.9 Å². The van der Waals surface area contributed by atoms with Gasteiger partial charge in [-0.15, -0.1) is 11.8 Å². The molecule has 0 radical (unpaired) electrons. The second-order valence-electron chi connectivity index (χ2n) is 6.52. The highest BCUT2D eigenvalue weighted by Gasteiger charge is 2.53. The van der Waals surface area contributed by atoms with Crippen LogP contribution < -0.4 is 5.32 Å². The van der Waals surface area contributed by atoms with Crippen LogP contribution in [0.3, 0.4) is 0 Å². The Morgan fingerprint density at radius 3 is 2.77 bits per heavy atom. The van der Waals surface area contributed by atoms with Gasteiger partial charge in [0.25, 0.3) is 5.91 Å². The zero-order valence-electron chi connectivity index (χ0n) is 14.5. The molecule has 2 aliphatic heterocycles. The molecule has 1 aromatic rings. The minimum absolute atomic E-state index is 0.0471. The summed E-state index contributed by atoms with van der Waals surface area (Å²) >= 11 is 1.57. The standard InChI is InChI=1S/C18H19N3O4S/c1-11(16(23)20-13-5-3-12(9-19)4-6-13)25-17(24)14-10-26-18(2)8-7-15(22)21(14)18/h3-6,11,14H,7-8,10H2,1-2H3,(H,20,23)/t11-,14-,18+/m1/s1. The fourth-order valence-electron chi connectivity index (χ4n) is 3.17. The molecule has 2 aliphatic rings. The van der Waals surface area contributed by atoms with Crippen LogP contribution in [-0.4, -0.2) is 45.5 Å². The first-order chi connectivity index (χ1) is 12.3. The van der Waals surface area contributed by atoms with E-state index in [1.165, 1.54) is 6.92 Å². The van der Waals surface area contributed by atoms with Gasteiger partial charge in [-0.2, -0.15) is 5.26 Å². The predicted molar refractivity (Wildman–Crippen MR) is 96.1 cm³/mol. The Bertz CT molecular complexity index is 789. The van der Waals surface area contributed by atoms with Crippen molar-refractivity contribution in [1.82, 2.24) is 4.90 Å². The van der Waals surface area contributed by atoms with Gasteiger partial charge in [-0.05, 0) is 44.5 Å². The maximum absolute atomic E-state index is 12.5. The number of ether oxygens (including phenoxy) is 1. The molecule has 1 aromatic carbocycles. The lowest BCUT2D eigenvalue weighted by molar-refractivity contribution is -0.160. The number of nitrogens with one attached hydrogen (secondary N) is 1. The lowest BCUT2D eigenvalue weighted by Crippen LogP contribution is -2.48. The van der Waals surface area contributed by atoms with E-state index < -0.39 is 24.0 Å². The van der Waals surface area contributed by atoms with Crippen LogP contribution in [0.25, 0.3) is 0 Å². The molecule has 3 rings (SSSR count). The molecule has 7 nitrogen and oxygen atoms in total. The van der Waals surface area contributed by atoms with Crippen molar-refractivity contribution in [1.29, 1.82) is 5.26 Å². The van der Waals surface area contributed by atoms with Crippen molar-refractivity contribution in [3.63, 3.8) is 0 Å². The van der Waals surface area contributed by atoms with Gasteiger partial charge in [0.2, 0.25) is 5.91 Å². The molecule has 0 spiro atoms. The summed E-state index contributed by atoms with van der Waals surface area (Å²) in [5, 5.41) is 11.4. The first-order valence-corrected chi connectivity index (χ1v) is 9.30. The van der Waals surface area contributed by atoms with E-state index in [1.807, 2.05) is 13.0 Å². The molecule has 0 bridgehead atoms. The van der Waals surface area contributed by atoms with Crippen molar-refractivity contribution < 1.29 is 19.1 Å². The van der Waals surface area contributed by atoms with Gasteiger partial charge in [-0.25, -0.2) is 4.79 Å². The third-order valence-corrected chi connectivity index (χ3v) is 6.17. The fourth-order valence-corrected chi connectivity index (χ4v) is 4.59. The highest BCUT2D eigenvalue weighted by Crippen LogP contribution is 2.47. The third kappa shape index (κ3) is 3.40. The van der Waals surface area contributed by atoms with Crippen LogP contribution in [0.1, 0.15) is 32.3 Å². The molecule has 0 aliphatic carbocycles. The average Bonchev–Trinajstić information content (AvgIpc) is 3.11. The van der Waals surface area contributed by atoms with E-state index in [0.29, 0.717) is 23.4 Å². The lowest BCUT2D eigenvalue weighted by Gasteiger charge is -2.29. The third-order valence-electron chi connectivity index (χ3n) is 4.66. The number of amides is 2. The van der Waals surface area contributed by atoms with E-state index in [-0.39, 0.29) is 10.8 Å². The summed E-state index contributed by atoms with van der Waals surface area (Å²) in [5.74, 6) is -0.595. The van der Waals surface area contributed by atoms with Crippen molar-refractivity contribution in [2.45, 2.75) is 43.7 Å². The van der Waals surface area contributed by atoms with E-state index >= 15 is 0 Å². The molecule has 26 heavy (non-hydrogen) atoms. The molecule has 1 N–H and O–H groups in total. The van der Waals surface area contributed by atoms with Crippen LogP contribution in [0.5, 0.6) is 0 Å². The number of hydrogen-bond donors (Lipinski definition) is 1. The summed E-state index contributed by atoms with van der Waals surface area (Å²) in [6, 6.07) is 7.73. The molecule has 0 unspecified atom stereocenters. The van der Waals surface area contributed by atoms with Crippen LogP contribution in [0.4, 0.5) is 5.69 Å². The monoisotopic (exact) mass is 373 g/mol. The summed E-state index contributed by atoms with van der Waals surface area (Å²) in [7, 11) is 0. The van der Waals surface area contributed by atoms with Crippen molar-refractivity contribution in [3.05, 3.63) is 29.8 Å². The van der Waals surface area contributed by atoms with Crippen molar-refractivity contribution in [3.8, 4) is 6.07 Å².